The largest absolute Gasteiger partial charge is 0.310 e. The van der Waals surface area contributed by atoms with E-state index >= 15 is 0 Å². The number of anilines is 6. The van der Waals surface area contributed by atoms with Crippen molar-refractivity contribution in [2.45, 2.75) is 166 Å². The fourth-order valence-corrected chi connectivity index (χ4v) is 12.7. The number of hydrogen-bond donors (Lipinski definition) is 0. The van der Waals surface area contributed by atoms with Gasteiger partial charge in [-0.2, -0.15) is 0 Å². The van der Waals surface area contributed by atoms with E-state index in [0.717, 1.165) is 0 Å². The molecule has 0 amide bonds. The highest BCUT2D eigenvalue weighted by atomic mass is 15.2. The predicted molar refractivity (Wildman–Crippen MR) is 305 cm³/mol. The third kappa shape index (κ3) is 10.6. The molecule has 70 heavy (non-hydrogen) atoms. The van der Waals surface area contributed by atoms with Crippen LogP contribution in [0.1, 0.15) is 194 Å². The molecule has 1 unspecified atom stereocenters. The van der Waals surface area contributed by atoms with Crippen molar-refractivity contribution in [3.05, 3.63) is 186 Å². The lowest BCUT2D eigenvalue weighted by Gasteiger charge is -2.31. The van der Waals surface area contributed by atoms with E-state index in [2.05, 4.69) is 194 Å². The molecule has 10 rings (SSSR count). The van der Waals surface area contributed by atoms with Gasteiger partial charge in [0.1, 0.15) is 0 Å². The zero-order valence-electron chi connectivity index (χ0n) is 42.7. The highest BCUT2D eigenvalue weighted by Crippen LogP contribution is 2.47. The Morgan fingerprint density at radius 2 is 0.929 bits per heavy atom. The fourth-order valence-electron chi connectivity index (χ4n) is 12.7. The number of fused-ring (bicyclic) bond motifs is 3. The van der Waals surface area contributed by atoms with E-state index in [-0.39, 0.29) is 0 Å². The van der Waals surface area contributed by atoms with Gasteiger partial charge in [-0.15, -0.1) is 0 Å². The summed E-state index contributed by atoms with van der Waals surface area (Å²) in [5, 5.41) is 5.04. The van der Waals surface area contributed by atoms with Gasteiger partial charge in [-0.1, -0.05) is 182 Å². The first kappa shape index (κ1) is 47.8. The molecule has 7 aromatic rings. The Kier molecular flexibility index (Phi) is 15.7. The summed E-state index contributed by atoms with van der Waals surface area (Å²) < 4.78 is 0. The van der Waals surface area contributed by atoms with Gasteiger partial charge in [-0.3, -0.25) is 0 Å². The van der Waals surface area contributed by atoms with Crippen LogP contribution in [0.5, 0.6) is 0 Å². The predicted octanol–water partition coefficient (Wildman–Crippen LogP) is 21.3. The average molecular weight is 923 g/mol. The van der Waals surface area contributed by atoms with Gasteiger partial charge in [0, 0.05) is 28.1 Å². The lowest BCUT2D eigenvalue weighted by Crippen LogP contribution is -2.13. The number of benzene rings is 7. The molecule has 3 saturated carbocycles. The Morgan fingerprint density at radius 1 is 0.471 bits per heavy atom. The zero-order chi connectivity index (χ0) is 47.7. The lowest BCUT2D eigenvalue weighted by atomic mass is 9.84. The van der Waals surface area contributed by atoms with Crippen LogP contribution >= 0.6 is 0 Å². The molecule has 0 aromatic heterocycles. The Hall–Kier alpha value is -5.86. The van der Waals surface area contributed by atoms with Gasteiger partial charge in [-0.25, -0.2) is 0 Å². The Morgan fingerprint density at radius 3 is 1.39 bits per heavy atom. The van der Waals surface area contributed by atoms with Crippen molar-refractivity contribution < 1.29 is 0 Å². The molecule has 7 aromatic carbocycles. The van der Waals surface area contributed by atoms with Crippen LogP contribution in [0.2, 0.25) is 0 Å². The number of hydrogen-bond acceptors (Lipinski definition) is 2. The van der Waals surface area contributed by atoms with Crippen molar-refractivity contribution >= 4 is 61.7 Å². The van der Waals surface area contributed by atoms with Crippen molar-refractivity contribution in [3.63, 3.8) is 0 Å². The molecule has 3 aliphatic rings. The summed E-state index contributed by atoms with van der Waals surface area (Å²) in [4.78, 5) is 5.08. The maximum Gasteiger partial charge on any atom is 0.0546 e. The normalized spacial score (nSPS) is 17.0. The molecule has 1 atom stereocenters. The third-order valence-electron chi connectivity index (χ3n) is 16.8. The van der Waals surface area contributed by atoms with Crippen molar-refractivity contribution in [3.8, 4) is 0 Å². The van der Waals surface area contributed by atoms with Gasteiger partial charge < -0.3 is 9.80 Å². The van der Waals surface area contributed by atoms with Crippen molar-refractivity contribution in [2.24, 2.45) is 0 Å². The minimum absolute atomic E-state index is 0.589. The molecule has 2 heteroatoms. The van der Waals surface area contributed by atoms with Crippen LogP contribution in [0.4, 0.5) is 34.1 Å². The third-order valence-corrected chi connectivity index (χ3v) is 16.8. The minimum Gasteiger partial charge on any atom is -0.310 e. The van der Waals surface area contributed by atoms with Gasteiger partial charge >= 0.3 is 0 Å². The van der Waals surface area contributed by atoms with Crippen LogP contribution in [0.25, 0.3) is 27.6 Å². The molecule has 0 saturated heterocycles. The van der Waals surface area contributed by atoms with Crippen LogP contribution in [0.3, 0.4) is 0 Å². The maximum absolute atomic E-state index is 2.54. The second-order valence-corrected chi connectivity index (χ2v) is 21.2. The van der Waals surface area contributed by atoms with E-state index in [1.54, 1.807) is 0 Å². The van der Waals surface area contributed by atoms with Crippen molar-refractivity contribution in [1.29, 1.82) is 0 Å². The standard InChI is InChI=1S/C68H78N2/c1-4-7-12-28-58-47-59-48-68(70(62-39-31-54(32-40-62)50(6-3)21-8-5-2)63-45-37-57(38-46-63)53-26-17-11-18-27-53)65-30-20-19-29-64(65)66(59)49-67(58)69(60-41-33-55(34-42-60)51-22-13-9-14-23-51)61-43-35-56(36-44-61)52-24-15-10-16-25-52/h4,7,12,19-20,28-53H,5-6,8-11,13-18,21-27H2,1-3H3/b7-4-,28-12-. The molecule has 0 bridgehead atoms. The Bertz CT molecular complexity index is 2770. The molecule has 3 fully saturated rings. The summed E-state index contributed by atoms with van der Waals surface area (Å²) in [6, 6.07) is 55.2. The molecule has 3 aliphatic carbocycles. The summed E-state index contributed by atoms with van der Waals surface area (Å²) in [5.74, 6) is 2.58. The minimum atomic E-state index is 0.589. The number of allylic oxidation sites excluding steroid dienone is 3. The molecule has 360 valence electrons. The van der Waals surface area contributed by atoms with Crippen LogP contribution in [0, 0.1) is 0 Å². The molecule has 0 spiro atoms. The molecule has 0 N–H and O–H groups in total. The van der Waals surface area contributed by atoms with E-state index in [1.165, 1.54) is 205 Å². The van der Waals surface area contributed by atoms with E-state index in [1.807, 2.05) is 0 Å². The number of unbranched alkanes of at least 4 members (excludes halogenated alkanes) is 1. The quantitative estimate of drug-likeness (QED) is 0.0704. The first-order valence-electron chi connectivity index (χ1n) is 27.9. The van der Waals surface area contributed by atoms with Crippen LogP contribution < -0.4 is 9.80 Å². The molecule has 0 heterocycles. The first-order chi connectivity index (χ1) is 34.6. The summed E-state index contributed by atoms with van der Waals surface area (Å²) >= 11 is 0. The van der Waals surface area contributed by atoms with Crippen LogP contribution in [-0.4, -0.2) is 0 Å². The fraction of sp³-hybridized carbons (Fsp3) is 0.382. The summed E-state index contributed by atoms with van der Waals surface area (Å²) in [7, 11) is 0. The van der Waals surface area contributed by atoms with Crippen molar-refractivity contribution in [2.75, 3.05) is 9.80 Å². The van der Waals surface area contributed by atoms with Gasteiger partial charge in [0.05, 0.1) is 11.4 Å². The average Bonchev–Trinajstić information content (AvgIpc) is 3.43. The molecule has 0 aliphatic heterocycles. The van der Waals surface area contributed by atoms with Gasteiger partial charge in [0.25, 0.3) is 0 Å². The monoisotopic (exact) mass is 923 g/mol. The number of nitrogens with zero attached hydrogens (tertiary/aromatic N) is 2. The second kappa shape index (κ2) is 22.9. The molecular weight excluding hydrogens is 845 g/mol. The van der Waals surface area contributed by atoms with Crippen molar-refractivity contribution in [1.82, 2.24) is 0 Å². The second-order valence-electron chi connectivity index (χ2n) is 21.2. The Balaban J connectivity index is 1.14. The molecule has 0 radical (unpaired) electrons. The summed E-state index contributed by atoms with van der Waals surface area (Å²) in [6.07, 6.45) is 33.8. The molecule has 2 nitrogen and oxygen atoms in total. The summed E-state index contributed by atoms with van der Waals surface area (Å²) in [5.41, 5.74) is 14.4. The smallest absolute Gasteiger partial charge is 0.0546 e. The van der Waals surface area contributed by atoms with Crippen LogP contribution in [0.15, 0.2) is 158 Å². The topological polar surface area (TPSA) is 6.48 Å². The highest BCUT2D eigenvalue weighted by Gasteiger charge is 2.24. The van der Waals surface area contributed by atoms with E-state index in [9.17, 15) is 0 Å². The first-order valence-corrected chi connectivity index (χ1v) is 27.9. The molecular formula is C68H78N2. The van der Waals surface area contributed by atoms with Gasteiger partial charge in [0.15, 0.2) is 0 Å². The van der Waals surface area contributed by atoms with E-state index in [0.29, 0.717) is 23.7 Å². The summed E-state index contributed by atoms with van der Waals surface area (Å²) in [6.45, 7) is 6.77. The SMILES string of the molecule is C/C=C\C=C/c1cc2cc(N(c3ccc(C(CC)CCCC)cc3)c3ccc(C4CCCCC4)cc3)c3ccccc3c2cc1N(c1ccc(C2CCCCC2)cc1)c1ccc(C2CCCCC2)cc1. The van der Waals surface area contributed by atoms with E-state index < -0.39 is 0 Å². The highest BCUT2D eigenvalue weighted by molar-refractivity contribution is 6.16. The van der Waals surface area contributed by atoms with Gasteiger partial charge in [-0.05, 0) is 193 Å². The zero-order valence-corrected chi connectivity index (χ0v) is 42.7. The van der Waals surface area contributed by atoms with Gasteiger partial charge in [0.2, 0.25) is 0 Å². The maximum atomic E-state index is 2.54. The lowest BCUT2D eigenvalue weighted by molar-refractivity contribution is 0.443. The van der Waals surface area contributed by atoms with E-state index in [4.69, 9.17) is 0 Å². The number of rotatable bonds is 16. The Labute approximate surface area is 421 Å². The van der Waals surface area contributed by atoms with Crippen LogP contribution in [-0.2, 0) is 0 Å².